The van der Waals surface area contributed by atoms with Crippen molar-refractivity contribution in [3.05, 3.63) is 0 Å². The minimum absolute atomic E-state index is 0.304. The van der Waals surface area contributed by atoms with Gasteiger partial charge in [0, 0.05) is 18.6 Å². The zero-order valence-corrected chi connectivity index (χ0v) is 8.95. The van der Waals surface area contributed by atoms with E-state index in [4.69, 9.17) is 5.73 Å². The van der Waals surface area contributed by atoms with Crippen molar-refractivity contribution in [3.63, 3.8) is 0 Å². The van der Waals surface area contributed by atoms with E-state index in [0.29, 0.717) is 12.1 Å². The van der Waals surface area contributed by atoms with Crippen molar-refractivity contribution < 1.29 is 0 Å². The predicted molar refractivity (Wildman–Crippen MR) is 56.8 cm³/mol. The van der Waals surface area contributed by atoms with Crippen molar-refractivity contribution in [2.75, 3.05) is 6.54 Å². The van der Waals surface area contributed by atoms with Crippen LogP contribution >= 0.6 is 0 Å². The third-order valence-corrected chi connectivity index (χ3v) is 2.53. The van der Waals surface area contributed by atoms with Gasteiger partial charge < -0.3 is 10.6 Å². The molecule has 0 aromatic rings. The van der Waals surface area contributed by atoms with Gasteiger partial charge in [0.15, 0.2) is 5.96 Å². The van der Waals surface area contributed by atoms with Crippen molar-refractivity contribution >= 4 is 5.96 Å². The molecule has 1 aliphatic heterocycles. The highest BCUT2D eigenvalue weighted by Gasteiger charge is 2.24. The Hall–Kier alpha value is -0.730. The van der Waals surface area contributed by atoms with Gasteiger partial charge in [0.05, 0.1) is 0 Å². The summed E-state index contributed by atoms with van der Waals surface area (Å²) in [6.07, 6.45) is 3.70. The Balaban J connectivity index is 2.59. The first-order valence-electron chi connectivity index (χ1n) is 5.25. The van der Waals surface area contributed by atoms with Gasteiger partial charge in [-0.1, -0.05) is 6.92 Å². The van der Waals surface area contributed by atoms with Gasteiger partial charge in [-0.2, -0.15) is 0 Å². The molecule has 1 aliphatic rings. The summed E-state index contributed by atoms with van der Waals surface area (Å²) in [6, 6.07) is 0.931. The normalized spacial score (nSPS) is 24.5. The number of hydrogen-bond donors (Lipinski definition) is 1. The molecule has 2 N–H and O–H groups in total. The van der Waals surface area contributed by atoms with Crippen LogP contribution in [-0.4, -0.2) is 29.5 Å². The van der Waals surface area contributed by atoms with Gasteiger partial charge in [0.1, 0.15) is 0 Å². The number of rotatable bonds is 2. The number of guanidine groups is 1. The van der Waals surface area contributed by atoms with Crippen LogP contribution in [0.5, 0.6) is 0 Å². The molecule has 3 nitrogen and oxygen atoms in total. The van der Waals surface area contributed by atoms with Crippen LogP contribution in [0.3, 0.4) is 0 Å². The number of nitrogens with two attached hydrogens (primary N) is 1. The lowest BCUT2D eigenvalue weighted by Gasteiger charge is -2.24. The molecule has 0 aromatic heterocycles. The second kappa shape index (κ2) is 4.49. The van der Waals surface area contributed by atoms with E-state index < -0.39 is 0 Å². The molecule has 1 saturated heterocycles. The number of hydrogen-bond acceptors (Lipinski definition) is 1. The molecule has 0 radical (unpaired) electrons. The van der Waals surface area contributed by atoms with Crippen molar-refractivity contribution in [3.8, 4) is 0 Å². The fraction of sp³-hybridized carbons (Fsp3) is 0.900. The predicted octanol–water partition coefficient (Wildman–Crippen LogP) is 1.58. The molecule has 0 bridgehead atoms. The molecule has 0 saturated carbocycles. The average molecular weight is 183 g/mol. The fourth-order valence-electron chi connectivity index (χ4n) is 1.90. The molecule has 76 valence electrons. The third-order valence-electron chi connectivity index (χ3n) is 2.53. The van der Waals surface area contributed by atoms with Gasteiger partial charge in [-0.3, -0.25) is 4.99 Å². The molecule has 1 heterocycles. The van der Waals surface area contributed by atoms with Crippen LogP contribution in [0.4, 0.5) is 0 Å². The molecule has 1 unspecified atom stereocenters. The summed E-state index contributed by atoms with van der Waals surface area (Å²) >= 11 is 0. The van der Waals surface area contributed by atoms with Crippen LogP contribution in [0, 0.1) is 0 Å². The maximum Gasteiger partial charge on any atom is 0.191 e. The summed E-state index contributed by atoms with van der Waals surface area (Å²) in [7, 11) is 0. The first kappa shape index (κ1) is 10.4. The minimum atomic E-state index is 0.304. The lowest BCUT2D eigenvalue weighted by molar-refractivity contribution is 0.373. The Kier molecular flexibility index (Phi) is 3.58. The summed E-state index contributed by atoms with van der Waals surface area (Å²) < 4.78 is 0. The van der Waals surface area contributed by atoms with E-state index in [1.807, 2.05) is 0 Å². The maximum atomic E-state index is 5.92. The van der Waals surface area contributed by atoms with E-state index in [1.165, 1.54) is 19.3 Å². The monoisotopic (exact) mass is 183 g/mol. The second-order valence-corrected chi connectivity index (χ2v) is 3.98. The smallest absolute Gasteiger partial charge is 0.191 e. The second-order valence-electron chi connectivity index (χ2n) is 3.98. The highest BCUT2D eigenvalue weighted by Crippen LogP contribution is 2.19. The van der Waals surface area contributed by atoms with Gasteiger partial charge in [-0.15, -0.1) is 0 Å². The van der Waals surface area contributed by atoms with Crippen LogP contribution in [0.1, 0.15) is 40.0 Å². The summed E-state index contributed by atoms with van der Waals surface area (Å²) in [5.41, 5.74) is 5.92. The molecule has 3 heteroatoms. The number of likely N-dealkylation sites (tertiary alicyclic amines) is 1. The third kappa shape index (κ3) is 2.61. The molecular formula is C10H21N3. The Morgan fingerprint density at radius 3 is 2.85 bits per heavy atom. The highest BCUT2D eigenvalue weighted by atomic mass is 15.3. The molecule has 13 heavy (non-hydrogen) atoms. The van der Waals surface area contributed by atoms with Crippen LogP contribution in [0.15, 0.2) is 4.99 Å². The molecular weight excluding hydrogens is 162 g/mol. The zero-order chi connectivity index (χ0) is 9.84. The van der Waals surface area contributed by atoms with Gasteiger partial charge in [0.2, 0.25) is 0 Å². The quantitative estimate of drug-likeness (QED) is 0.521. The Morgan fingerprint density at radius 2 is 2.31 bits per heavy atom. The molecule has 1 fully saturated rings. The highest BCUT2D eigenvalue weighted by molar-refractivity contribution is 5.78. The van der Waals surface area contributed by atoms with E-state index in [9.17, 15) is 0 Å². The largest absolute Gasteiger partial charge is 0.370 e. The van der Waals surface area contributed by atoms with Crippen molar-refractivity contribution in [2.45, 2.75) is 52.1 Å². The minimum Gasteiger partial charge on any atom is -0.370 e. The summed E-state index contributed by atoms with van der Waals surface area (Å²) in [4.78, 5) is 6.63. The van der Waals surface area contributed by atoms with E-state index in [2.05, 4.69) is 30.7 Å². The summed E-state index contributed by atoms with van der Waals surface area (Å²) in [6.45, 7) is 7.42. The van der Waals surface area contributed by atoms with Crippen LogP contribution < -0.4 is 5.73 Å². The first-order chi connectivity index (χ1) is 6.15. The lowest BCUT2D eigenvalue weighted by Crippen LogP contribution is -2.41. The molecule has 0 amide bonds. The SMILES string of the molecule is CCC1CCCN1C(N)=NC(C)C. The van der Waals surface area contributed by atoms with E-state index in [-0.39, 0.29) is 0 Å². The summed E-state index contributed by atoms with van der Waals surface area (Å²) in [5, 5.41) is 0. The first-order valence-corrected chi connectivity index (χ1v) is 5.25. The van der Waals surface area contributed by atoms with Crippen molar-refractivity contribution in [1.82, 2.24) is 4.90 Å². The topological polar surface area (TPSA) is 41.6 Å². The fourth-order valence-corrected chi connectivity index (χ4v) is 1.90. The number of aliphatic imine (C=N–C) groups is 1. The van der Waals surface area contributed by atoms with Crippen molar-refractivity contribution in [2.24, 2.45) is 10.7 Å². The molecule has 0 spiro atoms. The van der Waals surface area contributed by atoms with Crippen LogP contribution in [-0.2, 0) is 0 Å². The van der Waals surface area contributed by atoms with Crippen LogP contribution in [0.25, 0.3) is 0 Å². The van der Waals surface area contributed by atoms with Crippen LogP contribution in [0.2, 0.25) is 0 Å². The Morgan fingerprint density at radius 1 is 1.62 bits per heavy atom. The molecule has 1 rings (SSSR count). The maximum absolute atomic E-state index is 5.92. The van der Waals surface area contributed by atoms with Gasteiger partial charge in [-0.05, 0) is 33.1 Å². The standard InChI is InChI=1S/C10H21N3/c1-4-9-6-5-7-13(9)10(11)12-8(2)3/h8-9H,4-7H2,1-3H3,(H2,11,12). The van der Waals surface area contributed by atoms with Gasteiger partial charge in [0.25, 0.3) is 0 Å². The van der Waals surface area contributed by atoms with Gasteiger partial charge in [-0.25, -0.2) is 0 Å². The molecule has 0 aliphatic carbocycles. The molecule has 1 atom stereocenters. The molecule has 0 aromatic carbocycles. The summed E-state index contributed by atoms with van der Waals surface area (Å²) in [5.74, 6) is 0.736. The average Bonchev–Trinajstić information content (AvgIpc) is 2.49. The van der Waals surface area contributed by atoms with Crippen molar-refractivity contribution in [1.29, 1.82) is 0 Å². The number of nitrogens with zero attached hydrogens (tertiary/aromatic N) is 2. The Bertz CT molecular complexity index is 187. The Labute approximate surface area is 81.0 Å². The van der Waals surface area contributed by atoms with E-state index >= 15 is 0 Å². The van der Waals surface area contributed by atoms with Gasteiger partial charge >= 0.3 is 0 Å². The van der Waals surface area contributed by atoms with E-state index in [0.717, 1.165) is 12.5 Å². The van der Waals surface area contributed by atoms with E-state index in [1.54, 1.807) is 0 Å². The lowest BCUT2D eigenvalue weighted by atomic mass is 10.2. The zero-order valence-electron chi connectivity index (χ0n) is 8.95.